The Kier molecular flexibility index (Phi) is 5.71. The quantitative estimate of drug-likeness (QED) is 0.614. The predicted molar refractivity (Wildman–Crippen MR) is 102 cm³/mol. The molecular formula is C19H14Cl2FN3O. The number of carbonyl (C=O) groups is 1. The van der Waals surface area contributed by atoms with E-state index >= 15 is 0 Å². The Balaban J connectivity index is 1.69. The Morgan fingerprint density at radius 2 is 1.81 bits per heavy atom. The zero-order chi connectivity index (χ0) is 18.5. The summed E-state index contributed by atoms with van der Waals surface area (Å²) >= 11 is 11.8. The van der Waals surface area contributed by atoms with Gasteiger partial charge in [0.25, 0.3) is 5.91 Å². The van der Waals surface area contributed by atoms with E-state index in [0.717, 1.165) is 0 Å². The first-order chi connectivity index (χ1) is 12.5. The van der Waals surface area contributed by atoms with Crippen LogP contribution in [0.25, 0.3) is 0 Å². The summed E-state index contributed by atoms with van der Waals surface area (Å²) in [6, 6.07) is 12.9. The molecule has 0 radical (unpaired) electrons. The van der Waals surface area contributed by atoms with E-state index in [4.69, 9.17) is 23.2 Å². The van der Waals surface area contributed by atoms with Gasteiger partial charge < -0.3 is 10.6 Å². The SMILES string of the molecule is O=C(Nc1ccc(Cl)c(Cl)c1)c1cncc(NCc2ccccc2F)c1. The van der Waals surface area contributed by atoms with Crippen LogP contribution in [0, 0.1) is 5.82 Å². The molecule has 1 amide bonds. The lowest BCUT2D eigenvalue weighted by atomic mass is 10.2. The number of anilines is 2. The van der Waals surface area contributed by atoms with Crippen molar-refractivity contribution in [2.75, 3.05) is 10.6 Å². The molecule has 3 rings (SSSR count). The molecule has 0 aliphatic heterocycles. The van der Waals surface area contributed by atoms with Crippen LogP contribution in [0.3, 0.4) is 0 Å². The summed E-state index contributed by atoms with van der Waals surface area (Å²) in [5, 5.41) is 6.54. The number of benzene rings is 2. The molecule has 2 N–H and O–H groups in total. The third-order valence-electron chi connectivity index (χ3n) is 3.62. The van der Waals surface area contributed by atoms with Crippen molar-refractivity contribution in [3.8, 4) is 0 Å². The maximum absolute atomic E-state index is 13.7. The molecule has 0 aliphatic rings. The second kappa shape index (κ2) is 8.17. The maximum Gasteiger partial charge on any atom is 0.257 e. The van der Waals surface area contributed by atoms with Crippen LogP contribution in [0.15, 0.2) is 60.9 Å². The highest BCUT2D eigenvalue weighted by molar-refractivity contribution is 6.42. The molecule has 0 fully saturated rings. The number of carbonyl (C=O) groups excluding carboxylic acids is 1. The van der Waals surface area contributed by atoms with E-state index < -0.39 is 0 Å². The van der Waals surface area contributed by atoms with E-state index in [2.05, 4.69) is 15.6 Å². The maximum atomic E-state index is 13.7. The highest BCUT2D eigenvalue weighted by Gasteiger charge is 2.09. The molecule has 0 bridgehead atoms. The van der Waals surface area contributed by atoms with Crippen LogP contribution in [0.1, 0.15) is 15.9 Å². The number of amides is 1. The summed E-state index contributed by atoms with van der Waals surface area (Å²) in [7, 11) is 0. The molecule has 26 heavy (non-hydrogen) atoms. The smallest absolute Gasteiger partial charge is 0.257 e. The number of hydrogen-bond acceptors (Lipinski definition) is 3. The fourth-order valence-electron chi connectivity index (χ4n) is 2.28. The van der Waals surface area contributed by atoms with Gasteiger partial charge in [-0.2, -0.15) is 0 Å². The molecule has 0 atom stereocenters. The highest BCUT2D eigenvalue weighted by Crippen LogP contribution is 2.25. The summed E-state index contributed by atoms with van der Waals surface area (Å²) in [4.78, 5) is 16.4. The Morgan fingerprint density at radius 1 is 1.00 bits per heavy atom. The molecule has 3 aromatic rings. The molecule has 0 unspecified atom stereocenters. The van der Waals surface area contributed by atoms with Crippen LogP contribution in [0.2, 0.25) is 10.0 Å². The van der Waals surface area contributed by atoms with Gasteiger partial charge in [0.2, 0.25) is 0 Å². The first kappa shape index (κ1) is 18.2. The molecule has 1 heterocycles. The van der Waals surface area contributed by atoms with E-state index in [9.17, 15) is 9.18 Å². The monoisotopic (exact) mass is 389 g/mol. The minimum Gasteiger partial charge on any atom is -0.380 e. The van der Waals surface area contributed by atoms with Crippen molar-refractivity contribution in [3.63, 3.8) is 0 Å². The first-order valence-electron chi connectivity index (χ1n) is 7.71. The van der Waals surface area contributed by atoms with Crippen LogP contribution in [0.4, 0.5) is 15.8 Å². The molecule has 7 heteroatoms. The van der Waals surface area contributed by atoms with Crippen LogP contribution in [-0.2, 0) is 6.54 Å². The van der Waals surface area contributed by atoms with Crippen molar-refractivity contribution < 1.29 is 9.18 Å². The zero-order valence-corrected chi connectivity index (χ0v) is 15.0. The Morgan fingerprint density at radius 3 is 2.58 bits per heavy atom. The topological polar surface area (TPSA) is 54.0 Å². The van der Waals surface area contributed by atoms with Gasteiger partial charge in [-0.25, -0.2) is 4.39 Å². The van der Waals surface area contributed by atoms with E-state index in [-0.39, 0.29) is 18.3 Å². The van der Waals surface area contributed by atoms with Crippen molar-refractivity contribution in [1.82, 2.24) is 4.98 Å². The molecule has 4 nitrogen and oxygen atoms in total. The van der Waals surface area contributed by atoms with Crippen LogP contribution in [0.5, 0.6) is 0 Å². The van der Waals surface area contributed by atoms with Crippen molar-refractivity contribution in [1.29, 1.82) is 0 Å². The lowest BCUT2D eigenvalue weighted by Crippen LogP contribution is -2.13. The van der Waals surface area contributed by atoms with Crippen LogP contribution in [-0.4, -0.2) is 10.9 Å². The number of halogens is 3. The predicted octanol–water partition coefficient (Wildman–Crippen LogP) is 5.39. The fraction of sp³-hybridized carbons (Fsp3) is 0.0526. The number of aromatic nitrogens is 1. The molecule has 132 valence electrons. The Labute approximate surface area is 160 Å². The van der Waals surface area contributed by atoms with E-state index in [1.807, 2.05) is 0 Å². The Bertz CT molecular complexity index is 950. The average molecular weight is 390 g/mol. The van der Waals surface area contributed by atoms with Gasteiger partial charge in [-0.1, -0.05) is 41.4 Å². The zero-order valence-electron chi connectivity index (χ0n) is 13.5. The molecule has 0 saturated carbocycles. The van der Waals surface area contributed by atoms with Gasteiger partial charge in [0.15, 0.2) is 0 Å². The highest BCUT2D eigenvalue weighted by atomic mass is 35.5. The van der Waals surface area contributed by atoms with Gasteiger partial charge in [0.1, 0.15) is 5.82 Å². The van der Waals surface area contributed by atoms with E-state index in [1.165, 1.54) is 12.3 Å². The largest absolute Gasteiger partial charge is 0.380 e. The normalized spacial score (nSPS) is 10.4. The van der Waals surface area contributed by atoms with Gasteiger partial charge in [-0.3, -0.25) is 9.78 Å². The Hall–Kier alpha value is -2.63. The lowest BCUT2D eigenvalue weighted by Gasteiger charge is -2.09. The summed E-state index contributed by atoms with van der Waals surface area (Å²) < 4.78 is 13.7. The summed E-state index contributed by atoms with van der Waals surface area (Å²) in [5.74, 6) is -0.632. The number of nitrogens with one attached hydrogen (secondary N) is 2. The molecule has 2 aromatic carbocycles. The molecule has 1 aromatic heterocycles. The molecule has 0 saturated heterocycles. The van der Waals surface area contributed by atoms with Crippen molar-refractivity contribution in [3.05, 3.63) is 87.9 Å². The van der Waals surface area contributed by atoms with E-state index in [1.54, 1.807) is 48.7 Å². The van der Waals surface area contributed by atoms with Gasteiger partial charge >= 0.3 is 0 Å². The van der Waals surface area contributed by atoms with Crippen LogP contribution < -0.4 is 10.6 Å². The molecular weight excluding hydrogens is 376 g/mol. The number of rotatable bonds is 5. The number of hydrogen-bond donors (Lipinski definition) is 2. The first-order valence-corrected chi connectivity index (χ1v) is 8.47. The van der Waals surface area contributed by atoms with Crippen molar-refractivity contribution in [2.24, 2.45) is 0 Å². The molecule has 0 aliphatic carbocycles. The summed E-state index contributed by atoms with van der Waals surface area (Å²) in [6.45, 7) is 0.284. The van der Waals surface area contributed by atoms with Crippen LogP contribution >= 0.6 is 23.2 Å². The van der Waals surface area contributed by atoms with E-state index in [0.29, 0.717) is 32.5 Å². The average Bonchev–Trinajstić information content (AvgIpc) is 2.64. The molecule has 0 spiro atoms. The minimum atomic E-state index is -0.342. The second-order valence-electron chi connectivity index (χ2n) is 5.49. The minimum absolute atomic E-state index is 0.284. The van der Waals surface area contributed by atoms with Gasteiger partial charge in [0, 0.05) is 30.2 Å². The third-order valence-corrected chi connectivity index (χ3v) is 4.36. The number of nitrogens with zero attached hydrogens (tertiary/aromatic N) is 1. The fourth-order valence-corrected chi connectivity index (χ4v) is 2.58. The number of pyridine rings is 1. The van der Waals surface area contributed by atoms with Gasteiger partial charge in [0.05, 0.1) is 21.3 Å². The summed E-state index contributed by atoms with van der Waals surface area (Å²) in [6.07, 6.45) is 3.01. The lowest BCUT2D eigenvalue weighted by molar-refractivity contribution is 0.102. The van der Waals surface area contributed by atoms with Gasteiger partial charge in [-0.15, -0.1) is 0 Å². The second-order valence-corrected chi connectivity index (χ2v) is 6.30. The standard InChI is InChI=1S/C19H14Cl2FN3O/c20-16-6-5-14(8-17(16)21)25-19(26)13-7-15(11-23-9-13)24-10-12-3-1-2-4-18(12)22/h1-9,11,24H,10H2,(H,25,26). The van der Waals surface area contributed by atoms with Gasteiger partial charge in [-0.05, 0) is 30.3 Å². The van der Waals surface area contributed by atoms with Crippen molar-refractivity contribution in [2.45, 2.75) is 6.54 Å². The summed E-state index contributed by atoms with van der Waals surface area (Å²) in [5.41, 5.74) is 2.01. The van der Waals surface area contributed by atoms with Crippen molar-refractivity contribution >= 4 is 40.5 Å². The third kappa shape index (κ3) is 4.50.